The first-order valence-corrected chi connectivity index (χ1v) is 7.06. The van der Waals surface area contributed by atoms with Crippen LogP contribution in [-0.2, 0) is 0 Å². The molecule has 0 aliphatic rings. The second-order valence-electron chi connectivity index (χ2n) is 3.35. The molecule has 0 saturated carbocycles. The number of rotatable bonds is 11. The molecule has 15 heavy (non-hydrogen) atoms. The zero-order valence-corrected chi connectivity index (χ0v) is 10.7. The first-order valence-electron chi connectivity index (χ1n) is 5.28. The van der Waals surface area contributed by atoms with Gasteiger partial charge in [0.25, 0.3) is 0 Å². The van der Waals surface area contributed by atoms with Crippen molar-refractivity contribution in [3.63, 3.8) is 0 Å². The molecule has 0 saturated heterocycles. The second-order valence-corrected chi connectivity index (χ2v) is 5.19. The molecule has 0 aromatic carbocycles. The average Bonchev–Trinajstić information content (AvgIpc) is 2.24. The summed E-state index contributed by atoms with van der Waals surface area (Å²) in [6.45, 7) is 2.16. The van der Waals surface area contributed by atoms with Crippen LogP contribution in [0, 0.1) is 9.81 Å². The zero-order valence-electron chi connectivity index (χ0n) is 9.05. The molecule has 0 rings (SSSR count). The summed E-state index contributed by atoms with van der Waals surface area (Å²) < 4.78 is 5.62. The lowest BCUT2D eigenvalue weighted by Crippen LogP contribution is -2.02. The predicted molar refractivity (Wildman–Crippen MR) is 68.8 cm³/mol. The lowest BCUT2D eigenvalue weighted by Gasteiger charge is -2.10. The Kier molecular flexibility index (Phi) is 11.9. The summed E-state index contributed by atoms with van der Waals surface area (Å²) in [7, 11) is 0. The molecule has 0 aromatic rings. The zero-order chi connectivity index (χ0) is 11.4. The van der Waals surface area contributed by atoms with Crippen LogP contribution in [0.3, 0.4) is 0 Å². The van der Waals surface area contributed by atoms with Crippen molar-refractivity contribution < 1.29 is 0 Å². The van der Waals surface area contributed by atoms with Gasteiger partial charge in [0.15, 0.2) is 0 Å². The van der Waals surface area contributed by atoms with Gasteiger partial charge in [-0.1, -0.05) is 26.2 Å². The van der Waals surface area contributed by atoms with Crippen LogP contribution in [0.2, 0.25) is 0 Å². The fraction of sp³-hybridized carbons (Fsp3) is 1.00. The molecule has 1 unspecified atom stereocenters. The van der Waals surface area contributed by atoms with E-state index < -0.39 is 0 Å². The first-order chi connectivity index (χ1) is 7.35. The molecule has 0 radical (unpaired) electrons. The van der Waals surface area contributed by atoms with Crippen LogP contribution < -0.4 is 0 Å². The van der Waals surface area contributed by atoms with E-state index in [2.05, 4.69) is 16.1 Å². The Morgan fingerprint density at radius 3 is 2.40 bits per heavy atom. The van der Waals surface area contributed by atoms with Gasteiger partial charge in [-0.3, -0.25) is 0 Å². The minimum atomic E-state index is 0.321. The number of hydrogen-bond acceptors (Lipinski definition) is 6. The van der Waals surface area contributed by atoms with Crippen LogP contribution in [0.5, 0.6) is 0 Å². The van der Waals surface area contributed by atoms with E-state index in [-0.39, 0.29) is 0 Å². The van der Waals surface area contributed by atoms with Crippen molar-refractivity contribution in [1.82, 2.24) is 0 Å². The van der Waals surface area contributed by atoms with Crippen molar-refractivity contribution in [3.05, 3.63) is 9.81 Å². The first kappa shape index (κ1) is 14.9. The van der Waals surface area contributed by atoms with E-state index in [0.29, 0.717) is 5.25 Å². The molecule has 0 N–H and O–H groups in total. The predicted octanol–water partition coefficient (Wildman–Crippen LogP) is 4.54. The number of unbranched alkanes of at least 4 members (excludes halogenated alkanes) is 2. The Morgan fingerprint density at radius 2 is 1.80 bits per heavy atom. The van der Waals surface area contributed by atoms with Gasteiger partial charge in [0.2, 0.25) is 0 Å². The van der Waals surface area contributed by atoms with Crippen LogP contribution in [-0.4, -0.2) is 11.0 Å². The second kappa shape index (κ2) is 12.0. The largest absolute Gasteiger partial charge is 0.137 e. The van der Waals surface area contributed by atoms with Crippen molar-refractivity contribution in [2.24, 2.45) is 9.16 Å². The maximum atomic E-state index is 10.2. The molecule has 4 nitrogen and oxygen atoms in total. The normalized spacial score (nSPS) is 12.3. The third kappa shape index (κ3) is 10.2. The summed E-state index contributed by atoms with van der Waals surface area (Å²) in [5.41, 5.74) is 0. The third-order valence-corrected chi connectivity index (χ3v) is 3.57. The third-order valence-electron chi connectivity index (χ3n) is 2.14. The van der Waals surface area contributed by atoms with Crippen LogP contribution in [0.15, 0.2) is 9.16 Å². The monoisotopic (exact) mass is 250 g/mol. The number of hydrogen-bond donors (Lipinski definition) is 0. The van der Waals surface area contributed by atoms with Gasteiger partial charge in [-0.15, -0.1) is 9.81 Å². The molecule has 0 fully saturated rings. The Labute approximate surface area is 99.6 Å². The van der Waals surface area contributed by atoms with Crippen molar-refractivity contribution in [3.8, 4) is 0 Å². The molecule has 0 heterocycles. The maximum absolute atomic E-state index is 10.2. The van der Waals surface area contributed by atoms with Crippen LogP contribution >= 0.6 is 23.9 Å². The van der Waals surface area contributed by atoms with E-state index in [0.717, 1.165) is 55.3 Å². The quantitative estimate of drug-likeness (QED) is 0.307. The lowest BCUT2D eigenvalue weighted by atomic mass is 10.1. The topological polar surface area (TPSA) is 58.9 Å². The molecule has 0 spiro atoms. The SMILES string of the molecule is CCCCCC(CCCSN=O)SN=O. The summed E-state index contributed by atoms with van der Waals surface area (Å²) in [4.78, 5) is 20.0. The van der Waals surface area contributed by atoms with E-state index >= 15 is 0 Å². The Morgan fingerprint density at radius 1 is 1.07 bits per heavy atom. The van der Waals surface area contributed by atoms with Crippen molar-refractivity contribution in [1.29, 1.82) is 0 Å². The van der Waals surface area contributed by atoms with E-state index in [4.69, 9.17) is 0 Å². The molecule has 0 aliphatic heterocycles. The highest BCUT2D eigenvalue weighted by atomic mass is 32.2. The summed E-state index contributed by atoms with van der Waals surface area (Å²) in [5.74, 6) is 0.743. The van der Waals surface area contributed by atoms with Gasteiger partial charge in [-0.2, -0.15) is 0 Å². The molecule has 0 aliphatic carbocycles. The molecule has 6 heteroatoms. The summed E-state index contributed by atoms with van der Waals surface area (Å²) in [6.07, 6.45) is 6.47. The molecule has 88 valence electrons. The minimum absolute atomic E-state index is 0.321. The maximum Gasteiger partial charge on any atom is 0.0301 e. The Balaban J connectivity index is 3.52. The standard InChI is InChI=1S/C9H18N2O2S2/c1-2-3-4-6-9(15-11-13)7-5-8-14-10-12/h9H,2-8H2,1H3. The van der Waals surface area contributed by atoms with Gasteiger partial charge in [0.1, 0.15) is 0 Å². The van der Waals surface area contributed by atoms with Gasteiger partial charge >= 0.3 is 0 Å². The van der Waals surface area contributed by atoms with E-state index in [1.165, 1.54) is 12.8 Å². The van der Waals surface area contributed by atoms with Crippen molar-refractivity contribution in [2.45, 2.75) is 50.7 Å². The Bertz CT molecular complexity index is 170. The molecule has 0 aromatic heterocycles. The average molecular weight is 250 g/mol. The molecule has 1 atom stereocenters. The van der Waals surface area contributed by atoms with Crippen LogP contribution in [0.25, 0.3) is 0 Å². The molecule has 0 bridgehead atoms. The highest BCUT2D eigenvalue weighted by Gasteiger charge is 2.09. The smallest absolute Gasteiger partial charge is 0.0301 e. The molecule has 0 amide bonds. The van der Waals surface area contributed by atoms with Gasteiger partial charge in [0.05, 0.1) is 0 Å². The molecular weight excluding hydrogens is 232 g/mol. The molecular formula is C9H18N2O2S2. The lowest BCUT2D eigenvalue weighted by molar-refractivity contribution is 0.616. The summed E-state index contributed by atoms with van der Waals surface area (Å²) in [5, 5.41) is 0.321. The minimum Gasteiger partial charge on any atom is -0.137 e. The van der Waals surface area contributed by atoms with E-state index in [1.54, 1.807) is 0 Å². The fourth-order valence-corrected chi connectivity index (χ4v) is 2.38. The highest BCUT2D eigenvalue weighted by Crippen LogP contribution is 2.24. The summed E-state index contributed by atoms with van der Waals surface area (Å²) in [6, 6.07) is 0. The van der Waals surface area contributed by atoms with Gasteiger partial charge in [-0.25, -0.2) is 0 Å². The van der Waals surface area contributed by atoms with E-state index in [1.807, 2.05) is 0 Å². The van der Waals surface area contributed by atoms with Gasteiger partial charge < -0.3 is 0 Å². The van der Waals surface area contributed by atoms with Gasteiger partial charge in [-0.05, 0) is 19.3 Å². The van der Waals surface area contributed by atoms with Crippen LogP contribution in [0.1, 0.15) is 45.4 Å². The van der Waals surface area contributed by atoms with E-state index in [9.17, 15) is 9.81 Å². The highest BCUT2D eigenvalue weighted by molar-refractivity contribution is 7.98. The van der Waals surface area contributed by atoms with Gasteiger partial charge in [0, 0.05) is 44.1 Å². The fourth-order valence-electron chi connectivity index (χ4n) is 1.35. The summed E-state index contributed by atoms with van der Waals surface area (Å²) >= 11 is 2.18. The number of nitroso groups, excluding NO2 is 2. The van der Waals surface area contributed by atoms with Crippen molar-refractivity contribution in [2.75, 3.05) is 5.75 Å². The van der Waals surface area contributed by atoms with Crippen LogP contribution in [0.4, 0.5) is 0 Å². The van der Waals surface area contributed by atoms with Crippen molar-refractivity contribution >= 4 is 23.9 Å². The number of nitrogens with zero attached hydrogens (tertiary/aromatic N) is 2. The Hall–Kier alpha value is -0.100.